The van der Waals surface area contributed by atoms with E-state index in [-0.39, 0.29) is 11.9 Å². The van der Waals surface area contributed by atoms with Crippen molar-refractivity contribution >= 4 is 11.7 Å². The van der Waals surface area contributed by atoms with E-state index in [1.807, 2.05) is 6.07 Å². The lowest BCUT2D eigenvalue weighted by molar-refractivity contribution is -0.147. The van der Waals surface area contributed by atoms with Gasteiger partial charge in [0.05, 0.1) is 32.5 Å². The van der Waals surface area contributed by atoms with E-state index in [1.165, 1.54) is 0 Å². The summed E-state index contributed by atoms with van der Waals surface area (Å²) in [5.74, 6) is 0.460. The number of hydrogen-bond acceptors (Lipinski definition) is 6. The molecule has 0 spiro atoms. The molecule has 1 aromatic rings. The number of ether oxygens (including phenoxy) is 3. The standard InChI is InChI=1S/C15H19NO5/c1-4-21-15(17)9-7-11-10(12(8-9)16-18)5-6-13(19-2)14(11)20-3/h5-6,9,18H,4,7-8H2,1-3H3. The van der Waals surface area contributed by atoms with Crippen molar-refractivity contribution in [1.82, 2.24) is 0 Å². The van der Waals surface area contributed by atoms with Crippen LogP contribution in [0.5, 0.6) is 11.5 Å². The summed E-state index contributed by atoms with van der Waals surface area (Å²) in [6.45, 7) is 2.09. The highest BCUT2D eigenvalue weighted by atomic mass is 16.5. The molecule has 1 aromatic carbocycles. The molecule has 1 atom stereocenters. The quantitative estimate of drug-likeness (QED) is 0.522. The first-order chi connectivity index (χ1) is 10.2. The van der Waals surface area contributed by atoms with E-state index in [0.29, 0.717) is 36.7 Å². The number of carbonyl (C=O) groups is 1. The largest absolute Gasteiger partial charge is 0.493 e. The zero-order valence-corrected chi connectivity index (χ0v) is 12.4. The highest BCUT2D eigenvalue weighted by Crippen LogP contribution is 2.39. The number of benzene rings is 1. The Hall–Kier alpha value is -2.24. The fourth-order valence-electron chi connectivity index (χ4n) is 2.65. The topological polar surface area (TPSA) is 77.4 Å². The third kappa shape index (κ3) is 2.79. The van der Waals surface area contributed by atoms with Crippen LogP contribution in [0.4, 0.5) is 0 Å². The van der Waals surface area contributed by atoms with Gasteiger partial charge in [0.25, 0.3) is 0 Å². The maximum Gasteiger partial charge on any atom is 0.309 e. The smallest absolute Gasteiger partial charge is 0.309 e. The van der Waals surface area contributed by atoms with Crippen molar-refractivity contribution in [3.63, 3.8) is 0 Å². The summed E-state index contributed by atoms with van der Waals surface area (Å²) in [6, 6.07) is 3.57. The molecule has 1 N–H and O–H groups in total. The van der Waals surface area contributed by atoms with Gasteiger partial charge in [-0.3, -0.25) is 4.79 Å². The summed E-state index contributed by atoms with van der Waals surface area (Å²) >= 11 is 0. The van der Waals surface area contributed by atoms with Crippen LogP contribution < -0.4 is 9.47 Å². The lowest BCUT2D eigenvalue weighted by atomic mass is 9.82. The van der Waals surface area contributed by atoms with Crippen molar-refractivity contribution in [2.45, 2.75) is 19.8 Å². The van der Waals surface area contributed by atoms with E-state index < -0.39 is 0 Å². The first kappa shape index (κ1) is 15.2. The Labute approximate surface area is 123 Å². The SMILES string of the molecule is CCOC(=O)C1CC(=NO)c2ccc(OC)c(OC)c2C1. The Bertz CT molecular complexity index is 567. The molecule has 0 bridgehead atoms. The van der Waals surface area contributed by atoms with Crippen LogP contribution in [0.3, 0.4) is 0 Å². The molecule has 1 aliphatic rings. The Balaban J connectivity index is 2.47. The van der Waals surface area contributed by atoms with E-state index in [4.69, 9.17) is 14.2 Å². The van der Waals surface area contributed by atoms with Gasteiger partial charge in [-0.1, -0.05) is 5.16 Å². The Morgan fingerprint density at radius 2 is 2.10 bits per heavy atom. The highest BCUT2D eigenvalue weighted by Gasteiger charge is 2.33. The van der Waals surface area contributed by atoms with Crippen LogP contribution in [-0.2, 0) is 16.0 Å². The molecular formula is C15H19NO5. The molecule has 0 amide bonds. The van der Waals surface area contributed by atoms with Gasteiger partial charge in [0.2, 0.25) is 0 Å². The predicted molar refractivity (Wildman–Crippen MR) is 76.3 cm³/mol. The number of nitrogens with zero attached hydrogens (tertiary/aromatic N) is 1. The molecule has 6 nitrogen and oxygen atoms in total. The fraction of sp³-hybridized carbons (Fsp3) is 0.467. The maximum absolute atomic E-state index is 12.0. The molecule has 0 aromatic heterocycles. The monoisotopic (exact) mass is 293 g/mol. The molecule has 2 rings (SSSR count). The van der Waals surface area contributed by atoms with Crippen LogP contribution >= 0.6 is 0 Å². The molecule has 6 heteroatoms. The number of hydrogen-bond donors (Lipinski definition) is 1. The molecule has 0 fully saturated rings. The van der Waals surface area contributed by atoms with Crippen molar-refractivity contribution in [2.24, 2.45) is 11.1 Å². The Morgan fingerprint density at radius 3 is 2.67 bits per heavy atom. The Morgan fingerprint density at radius 1 is 1.33 bits per heavy atom. The number of oxime groups is 1. The Kier molecular flexibility index (Phi) is 4.67. The number of fused-ring (bicyclic) bond motifs is 1. The zero-order valence-electron chi connectivity index (χ0n) is 12.4. The molecular weight excluding hydrogens is 274 g/mol. The zero-order chi connectivity index (χ0) is 15.4. The number of carbonyl (C=O) groups excluding carboxylic acids is 1. The summed E-state index contributed by atoms with van der Waals surface area (Å²) in [5, 5.41) is 12.5. The second-order valence-electron chi connectivity index (χ2n) is 4.73. The molecule has 1 aliphatic carbocycles. The molecule has 0 heterocycles. The van der Waals surface area contributed by atoms with E-state index in [2.05, 4.69) is 5.16 Å². The van der Waals surface area contributed by atoms with Crippen molar-refractivity contribution < 1.29 is 24.2 Å². The lowest BCUT2D eigenvalue weighted by Crippen LogP contribution is -2.29. The fourth-order valence-corrected chi connectivity index (χ4v) is 2.65. The van der Waals surface area contributed by atoms with Crippen LogP contribution in [0.2, 0.25) is 0 Å². The number of methoxy groups -OCH3 is 2. The van der Waals surface area contributed by atoms with Crippen LogP contribution in [-0.4, -0.2) is 37.7 Å². The third-order valence-corrected chi connectivity index (χ3v) is 3.59. The van der Waals surface area contributed by atoms with Crippen molar-refractivity contribution in [3.8, 4) is 11.5 Å². The van der Waals surface area contributed by atoms with Gasteiger partial charge in [0.1, 0.15) is 0 Å². The first-order valence-electron chi connectivity index (χ1n) is 6.78. The molecule has 114 valence electrons. The van der Waals surface area contributed by atoms with Gasteiger partial charge in [0, 0.05) is 17.5 Å². The van der Waals surface area contributed by atoms with Gasteiger partial charge in [-0.15, -0.1) is 0 Å². The number of rotatable bonds is 4. The van der Waals surface area contributed by atoms with Crippen LogP contribution in [0, 0.1) is 5.92 Å². The van der Waals surface area contributed by atoms with Crippen LogP contribution in [0.1, 0.15) is 24.5 Å². The summed E-state index contributed by atoms with van der Waals surface area (Å²) in [4.78, 5) is 12.0. The molecule has 1 unspecified atom stereocenters. The first-order valence-corrected chi connectivity index (χ1v) is 6.78. The highest BCUT2D eigenvalue weighted by molar-refractivity contribution is 6.05. The van der Waals surface area contributed by atoms with Crippen molar-refractivity contribution in [2.75, 3.05) is 20.8 Å². The van der Waals surface area contributed by atoms with Crippen LogP contribution in [0.15, 0.2) is 17.3 Å². The number of esters is 1. The molecule has 0 radical (unpaired) electrons. The molecule has 0 saturated carbocycles. The van der Waals surface area contributed by atoms with Crippen LogP contribution in [0.25, 0.3) is 0 Å². The van der Waals surface area contributed by atoms with E-state index in [9.17, 15) is 10.0 Å². The van der Waals surface area contributed by atoms with E-state index >= 15 is 0 Å². The minimum absolute atomic E-state index is 0.297. The van der Waals surface area contributed by atoms with Gasteiger partial charge in [-0.2, -0.15) is 0 Å². The average molecular weight is 293 g/mol. The second-order valence-corrected chi connectivity index (χ2v) is 4.73. The molecule has 0 aliphatic heterocycles. The third-order valence-electron chi connectivity index (χ3n) is 3.59. The van der Waals surface area contributed by atoms with E-state index in [1.54, 1.807) is 27.2 Å². The predicted octanol–water partition coefficient (Wildman–Crippen LogP) is 2.01. The van der Waals surface area contributed by atoms with Crippen molar-refractivity contribution in [3.05, 3.63) is 23.3 Å². The van der Waals surface area contributed by atoms with Gasteiger partial charge in [-0.25, -0.2) is 0 Å². The maximum atomic E-state index is 12.0. The normalized spacial score (nSPS) is 19.0. The van der Waals surface area contributed by atoms with Gasteiger partial charge >= 0.3 is 5.97 Å². The summed E-state index contributed by atoms with van der Waals surface area (Å²) < 4.78 is 15.7. The lowest BCUT2D eigenvalue weighted by Gasteiger charge is -2.26. The summed E-state index contributed by atoms with van der Waals surface area (Å²) in [5.41, 5.74) is 2.03. The second kappa shape index (κ2) is 6.47. The van der Waals surface area contributed by atoms with Gasteiger partial charge in [0.15, 0.2) is 11.5 Å². The van der Waals surface area contributed by atoms with E-state index in [0.717, 1.165) is 11.1 Å². The molecule has 0 saturated heterocycles. The summed E-state index contributed by atoms with van der Waals surface area (Å²) in [6.07, 6.45) is 0.811. The minimum Gasteiger partial charge on any atom is -0.493 e. The van der Waals surface area contributed by atoms with Gasteiger partial charge in [-0.05, 0) is 25.5 Å². The summed E-state index contributed by atoms with van der Waals surface area (Å²) in [7, 11) is 3.10. The van der Waals surface area contributed by atoms with Gasteiger partial charge < -0.3 is 19.4 Å². The van der Waals surface area contributed by atoms with Crippen molar-refractivity contribution in [1.29, 1.82) is 0 Å². The minimum atomic E-state index is -0.385. The average Bonchev–Trinajstić information content (AvgIpc) is 2.52. The molecule has 21 heavy (non-hydrogen) atoms.